The lowest BCUT2D eigenvalue weighted by molar-refractivity contribution is 0.613. The van der Waals surface area contributed by atoms with Gasteiger partial charge in [0.05, 0.1) is 11.3 Å². The molecule has 0 aliphatic heterocycles. The molecule has 0 fully saturated rings. The number of para-hydroxylation sites is 1. The summed E-state index contributed by atoms with van der Waals surface area (Å²) >= 11 is 3.36. The number of oxazole rings is 1. The van der Waals surface area contributed by atoms with Gasteiger partial charge in [0, 0.05) is 4.47 Å². The summed E-state index contributed by atoms with van der Waals surface area (Å²) in [6.45, 7) is 0. The predicted molar refractivity (Wildman–Crippen MR) is 71.5 cm³/mol. The molecule has 0 unspecified atom stereocenters. The van der Waals surface area contributed by atoms with Crippen molar-refractivity contribution in [3.63, 3.8) is 0 Å². The van der Waals surface area contributed by atoms with Crippen LogP contribution < -0.4 is 5.73 Å². The summed E-state index contributed by atoms with van der Waals surface area (Å²) in [6.07, 6.45) is 0. The van der Waals surface area contributed by atoms with Crippen molar-refractivity contribution in [2.45, 2.75) is 0 Å². The molecule has 3 nitrogen and oxygen atoms in total. The summed E-state index contributed by atoms with van der Waals surface area (Å²) in [5.74, 6) is -0.156. The Balaban J connectivity index is 2.22. The number of benzene rings is 2. The Morgan fingerprint density at radius 2 is 2.06 bits per heavy atom. The molecule has 0 bridgehead atoms. The molecule has 0 saturated heterocycles. The number of rotatable bonds is 1. The molecule has 0 saturated carbocycles. The smallest absolute Gasteiger partial charge is 0.229 e. The minimum Gasteiger partial charge on any atom is -0.436 e. The fraction of sp³-hybridized carbons (Fsp3) is 0. The summed E-state index contributed by atoms with van der Waals surface area (Å²) < 4.78 is 19.9. The molecule has 5 heteroatoms. The number of nitrogens with two attached hydrogens (primary N) is 1. The zero-order valence-corrected chi connectivity index (χ0v) is 10.7. The van der Waals surface area contributed by atoms with Crippen LogP contribution in [0.1, 0.15) is 0 Å². The van der Waals surface area contributed by atoms with Gasteiger partial charge in [-0.2, -0.15) is 0 Å². The number of hydrogen-bond donors (Lipinski definition) is 1. The lowest BCUT2D eigenvalue weighted by Crippen LogP contribution is -1.93. The molecule has 1 aromatic heterocycles. The van der Waals surface area contributed by atoms with Crippen molar-refractivity contribution < 1.29 is 8.81 Å². The average Bonchev–Trinajstić information content (AvgIpc) is 2.75. The zero-order chi connectivity index (χ0) is 12.7. The first-order valence-electron chi connectivity index (χ1n) is 5.25. The van der Waals surface area contributed by atoms with Gasteiger partial charge in [-0.15, -0.1) is 0 Å². The van der Waals surface area contributed by atoms with Crippen molar-refractivity contribution in [2.75, 3.05) is 5.73 Å². The van der Waals surface area contributed by atoms with Gasteiger partial charge in [0.1, 0.15) is 11.3 Å². The van der Waals surface area contributed by atoms with E-state index < -0.39 is 5.82 Å². The third-order valence-electron chi connectivity index (χ3n) is 2.63. The number of nitrogens with zero attached hydrogens (tertiary/aromatic N) is 1. The summed E-state index contributed by atoms with van der Waals surface area (Å²) in [5.41, 5.74) is 7.52. The van der Waals surface area contributed by atoms with Gasteiger partial charge in [0.25, 0.3) is 0 Å². The van der Waals surface area contributed by atoms with Gasteiger partial charge < -0.3 is 10.2 Å². The van der Waals surface area contributed by atoms with Crippen LogP contribution in [0.15, 0.2) is 45.3 Å². The van der Waals surface area contributed by atoms with Crippen molar-refractivity contribution in [1.82, 2.24) is 4.98 Å². The van der Waals surface area contributed by atoms with Gasteiger partial charge in [-0.25, -0.2) is 9.37 Å². The van der Waals surface area contributed by atoms with E-state index in [1.807, 2.05) is 12.1 Å². The maximum atomic E-state index is 13.4. The Bertz CT molecular complexity index is 739. The van der Waals surface area contributed by atoms with Crippen LogP contribution in [-0.4, -0.2) is 4.98 Å². The van der Waals surface area contributed by atoms with Gasteiger partial charge in [-0.3, -0.25) is 0 Å². The molecule has 0 radical (unpaired) electrons. The Kier molecular flexibility index (Phi) is 2.56. The van der Waals surface area contributed by atoms with Crippen LogP contribution >= 0.6 is 15.9 Å². The van der Waals surface area contributed by atoms with Crippen LogP contribution in [0.5, 0.6) is 0 Å². The molecule has 2 N–H and O–H groups in total. The summed E-state index contributed by atoms with van der Waals surface area (Å²) in [6, 6.07) is 10.0. The Labute approximate surface area is 111 Å². The minimum absolute atomic E-state index is 0.0446. The molecule has 1 heterocycles. The fourth-order valence-electron chi connectivity index (χ4n) is 1.74. The highest BCUT2D eigenvalue weighted by Gasteiger charge is 2.13. The number of hydrogen-bond acceptors (Lipinski definition) is 3. The molecule has 90 valence electrons. The summed E-state index contributed by atoms with van der Waals surface area (Å²) in [5, 5.41) is 0. The summed E-state index contributed by atoms with van der Waals surface area (Å²) in [7, 11) is 0. The van der Waals surface area contributed by atoms with E-state index in [1.165, 1.54) is 6.07 Å². The Hall–Kier alpha value is -1.88. The molecule has 18 heavy (non-hydrogen) atoms. The molecule has 3 rings (SSSR count). The average molecular weight is 307 g/mol. The number of halogens is 2. The van der Waals surface area contributed by atoms with Crippen molar-refractivity contribution in [3.05, 3.63) is 46.7 Å². The van der Waals surface area contributed by atoms with E-state index in [-0.39, 0.29) is 5.69 Å². The monoisotopic (exact) mass is 306 g/mol. The first-order chi connectivity index (χ1) is 8.65. The molecular weight excluding hydrogens is 299 g/mol. The van der Waals surface area contributed by atoms with Crippen LogP contribution in [0.2, 0.25) is 0 Å². The lowest BCUT2D eigenvalue weighted by atomic mass is 10.2. The first kappa shape index (κ1) is 11.2. The van der Waals surface area contributed by atoms with Crippen LogP contribution in [0.4, 0.5) is 10.1 Å². The van der Waals surface area contributed by atoms with Crippen LogP contribution in [0, 0.1) is 5.82 Å². The topological polar surface area (TPSA) is 52.0 Å². The predicted octanol–water partition coefficient (Wildman–Crippen LogP) is 3.98. The zero-order valence-electron chi connectivity index (χ0n) is 9.15. The van der Waals surface area contributed by atoms with Gasteiger partial charge in [-0.1, -0.05) is 22.0 Å². The first-order valence-corrected chi connectivity index (χ1v) is 6.05. The molecule has 0 amide bonds. The second-order valence-corrected chi connectivity index (χ2v) is 4.75. The van der Waals surface area contributed by atoms with E-state index in [0.29, 0.717) is 22.6 Å². The third kappa shape index (κ3) is 1.76. The molecule has 0 spiro atoms. The van der Waals surface area contributed by atoms with E-state index in [9.17, 15) is 4.39 Å². The number of aromatic nitrogens is 1. The fourth-order valence-corrected chi connectivity index (χ4v) is 2.09. The number of anilines is 1. The minimum atomic E-state index is -0.476. The SMILES string of the molecule is Nc1c(F)cccc1-c1nc2cc(Br)ccc2o1. The van der Waals surface area contributed by atoms with Gasteiger partial charge >= 0.3 is 0 Å². The molecule has 0 aliphatic rings. The third-order valence-corrected chi connectivity index (χ3v) is 3.13. The molecule has 2 aromatic carbocycles. The van der Waals surface area contributed by atoms with Crippen molar-refractivity contribution in [3.8, 4) is 11.5 Å². The Morgan fingerprint density at radius 3 is 2.89 bits per heavy atom. The lowest BCUT2D eigenvalue weighted by Gasteiger charge is -2.01. The van der Waals surface area contributed by atoms with E-state index in [1.54, 1.807) is 18.2 Å². The van der Waals surface area contributed by atoms with E-state index >= 15 is 0 Å². The second kappa shape index (κ2) is 4.10. The van der Waals surface area contributed by atoms with Crippen LogP contribution in [0.3, 0.4) is 0 Å². The highest BCUT2D eigenvalue weighted by Crippen LogP contribution is 2.30. The van der Waals surface area contributed by atoms with Gasteiger partial charge in [0.15, 0.2) is 5.58 Å². The van der Waals surface area contributed by atoms with E-state index in [0.717, 1.165) is 4.47 Å². The molecular formula is C13H8BrFN2O. The van der Waals surface area contributed by atoms with Crippen LogP contribution in [0.25, 0.3) is 22.6 Å². The number of nitrogen functional groups attached to an aromatic ring is 1. The standard InChI is InChI=1S/C13H8BrFN2O/c14-7-4-5-11-10(6-7)17-13(18-11)8-2-1-3-9(15)12(8)16/h1-6H,16H2. The number of fused-ring (bicyclic) bond motifs is 1. The molecule has 3 aromatic rings. The van der Waals surface area contributed by atoms with Crippen molar-refractivity contribution in [1.29, 1.82) is 0 Å². The van der Waals surface area contributed by atoms with Crippen LogP contribution in [-0.2, 0) is 0 Å². The van der Waals surface area contributed by atoms with Gasteiger partial charge in [0.2, 0.25) is 5.89 Å². The second-order valence-electron chi connectivity index (χ2n) is 3.83. The molecule has 0 atom stereocenters. The highest BCUT2D eigenvalue weighted by atomic mass is 79.9. The normalized spacial score (nSPS) is 11.0. The van der Waals surface area contributed by atoms with E-state index in [2.05, 4.69) is 20.9 Å². The Morgan fingerprint density at radius 1 is 1.22 bits per heavy atom. The van der Waals surface area contributed by atoms with Crippen molar-refractivity contribution >= 4 is 32.7 Å². The largest absolute Gasteiger partial charge is 0.436 e. The quantitative estimate of drug-likeness (QED) is 0.692. The van der Waals surface area contributed by atoms with E-state index in [4.69, 9.17) is 10.2 Å². The van der Waals surface area contributed by atoms with Crippen molar-refractivity contribution in [2.24, 2.45) is 0 Å². The summed E-state index contributed by atoms with van der Waals surface area (Å²) in [4.78, 5) is 4.30. The van der Waals surface area contributed by atoms with Gasteiger partial charge in [-0.05, 0) is 30.3 Å². The maximum Gasteiger partial charge on any atom is 0.229 e. The molecule has 0 aliphatic carbocycles. The maximum absolute atomic E-state index is 13.4. The highest BCUT2D eigenvalue weighted by molar-refractivity contribution is 9.10.